The summed E-state index contributed by atoms with van der Waals surface area (Å²) in [7, 11) is 0. The summed E-state index contributed by atoms with van der Waals surface area (Å²) in [4.78, 5) is 0. The molecule has 0 N–H and O–H groups in total. The number of furan rings is 2. The SMILES string of the molecule is c1ccc(-c2ccc(-c3c4ccccc4c(-c4cc5ccc6oc7ccccc7c6c5c5c4oc4ccccc45)c4ccccc34)cc2)cc1. The van der Waals surface area contributed by atoms with Crippen LogP contribution in [0.3, 0.4) is 0 Å². The molecule has 0 aliphatic rings. The summed E-state index contributed by atoms with van der Waals surface area (Å²) in [5.74, 6) is 0. The van der Waals surface area contributed by atoms with Gasteiger partial charge in [-0.1, -0.05) is 146 Å². The van der Waals surface area contributed by atoms with E-state index in [-0.39, 0.29) is 0 Å². The van der Waals surface area contributed by atoms with Crippen molar-refractivity contribution in [2.75, 3.05) is 0 Å². The Bertz CT molecular complexity index is 3070. The minimum absolute atomic E-state index is 0.879. The van der Waals surface area contributed by atoms with Gasteiger partial charge in [0.05, 0.1) is 0 Å². The van der Waals surface area contributed by atoms with E-state index in [9.17, 15) is 0 Å². The van der Waals surface area contributed by atoms with Gasteiger partial charge in [-0.05, 0) is 73.5 Å². The maximum atomic E-state index is 6.92. The van der Waals surface area contributed by atoms with Crippen LogP contribution in [0.5, 0.6) is 0 Å². The Morgan fingerprint density at radius 3 is 1.46 bits per heavy atom. The Hall–Kier alpha value is -6.64. The summed E-state index contributed by atoms with van der Waals surface area (Å²) in [6.45, 7) is 0. The topological polar surface area (TPSA) is 26.3 Å². The molecule has 0 fully saturated rings. The van der Waals surface area contributed by atoms with Gasteiger partial charge >= 0.3 is 0 Å². The van der Waals surface area contributed by atoms with Crippen molar-refractivity contribution >= 4 is 76.2 Å². The summed E-state index contributed by atoms with van der Waals surface area (Å²) in [6, 6.07) is 60.7. The predicted octanol–water partition coefficient (Wildman–Crippen LogP) is 13.9. The van der Waals surface area contributed by atoms with Crippen molar-refractivity contribution in [2.24, 2.45) is 0 Å². The summed E-state index contributed by atoms with van der Waals surface area (Å²) in [6.07, 6.45) is 0. The summed E-state index contributed by atoms with van der Waals surface area (Å²) < 4.78 is 13.3. The lowest BCUT2D eigenvalue weighted by molar-refractivity contribution is 0.669. The first-order valence-electron chi connectivity index (χ1n) is 17.1. The average molecular weight is 637 g/mol. The first-order chi connectivity index (χ1) is 24.8. The normalized spacial score (nSPS) is 12.0. The molecule has 0 unspecified atom stereocenters. The van der Waals surface area contributed by atoms with E-state index in [1.165, 1.54) is 54.7 Å². The highest BCUT2D eigenvalue weighted by Crippen LogP contribution is 2.50. The molecule has 232 valence electrons. The van der Waals surface area contributed by atoms with E-state index in [4.69, 9.17) is 8.83 Å². The van der Waals surface area contributed by atoms with E-state index in [1.807, 2.05) is 6.07 Å². The summed E-state index contributed by atoms with van der Waals surface area (Å²) in [5, 5.41) is 11.6. The van der Waals surface area contributed by atoms with Crippen molar-refractivity contribution in [2.45, 2.75) is 0 Å². The van der Waals surface area contributed by atoms with Crippen LogP contribution in [0.15, 0.2) is 179 Å². The number of para-hydroxylation sites is 2. The van der Waals surface area contributed by atoms with Crippen molar-refractivity contribution in [1.82, 2.24) is 0 Å². The second-order valence-corrected chi connectivity index (χ2v) is 13.1. The Kier molecular flexibility index (Phi) is 5.70. The van der Waals surface area contributed by atoms with Crippen LogP contribution in [-0.4, -0.2) is 0 Å². The molecule has 2 aromatic heterocycles. The van der Waals surface area contributed by atoms with Gasteiger partial charge in [0.1, 0.15) is 22.3 Å². The number of benzene rings is 9. The quantitative estimate of drug-likeness (QED) is 0.180. The van der Waals surface area contributed by atoms with Crippen LogP contribution < -0.4 is 0 Å². The smallest absolute Gasteiger partial charge is 0.143 e. The van der Waals surface area contributed by atoms with Gasteiger partial charge in [-0.2, -0.15) is 0 Å². The summed E-state index contributed by atoms with van der Waals surface area (Å²) in [5.41, 5.74) is 10.7. The molecule has 0 atom stereocenters. The number of fused-ring (bicyclic) bond motifs is 11. The van der Waals surface area contributed by atoms with Crippen LogP contribution in [0.1, 0.15) is 0 Å². The molecule has 0 spiro atoms. The van der Waals surface area contributed by atoms with Gasteiger partial charge in [-0.3, -0.25) is 0 Å². The van der Waals surface area contributed by atoms with Crippen LogP contribution in [-0.2, 0) is 0 Å². The molecule has 0 saturated carbocycles. The monoisotopic (exact) mass is 636 g/mol. The highest BCUT2D eigenvalue weighted by molar-refractivity contribution is 6.34. The molecule has 0 radical (unpaired) electrons. The Morgan fingerprint density at radius 2 is 0.800 bits per heavy atom. The van der Waals surface area contributed by atoms with Gasteiger partial charge in [0, 0.05) is 38.1 Å². The largest absolute Gasteiger partial charge is 0.456 e. The van der Waals surface area contributed by atoms with Crippen molar-refractivity contribution < 1.29 is 8.83 Å². The zero-order valence-corrected chi connectivity index (χ0v) is 27.0. The van der Waals surface area contributed by atoms with Crippen molar-refractivity contribution in [3.05, 3.63) is 170 Å². The molecule has 0 aliphatic heterocycles. The minimum atomic E-state index is 0.879. The zero-order valence-electron chi connectivity index (χ0n) is 27.0. The van der Waals surface area contributed by atoms with Gasteiger partial charge in [0.25, 0.3) is 0 Å². The fourth-order valence-corrected chi connectivity index (χ4v) is 8.30. The molecular weight excluding hydrogens is 609 g/mol. The summed E-state index contributed by atoms with van der Waals surface area (Å²) >= 11 is 0. The lowest BCUT2D eigenvalue weighted by Crippen LogP contribution is -1.92. The second-order valence-electron chi connectivity index (χ2n) is 13.1. The molecule has 0 bridgehead atoms. The molecule has 2 heterocycles. The predicted molar refractivity (Wildman–Crippen MR) is 210 cm³/mol. The van der Waals surface area contributed by atoms with Gasteiger partial charge in [0.2, 0.25) is 0 Å². The molecule has 11 aromatic rings. The third-order valence-electron chi connectivity index (χ3n) is 10.4. The number of rotatable bonds is 3. The fraction of sp³-hybridized carbons (Fsp3) is 0. The first kappa shape index (κ1) is 27.3. The molecule has 0 saturated heterocycles. The van der Waals surface area contributed by atoms with Crippen LogP contribution >= 0.6 is 0 Å². The molecule has 0 amide bonds. The van der Waals surface area contributed by atoms with Crippen LogP contribution in [0.25, 0.3) is 110 Å². The van der Waals surface area contributed by atoms with Gasteiger partial charge in [0.15, 0.2) is 0 Å². The molecule has 50 heavy (non-hydrogen) atoms. The molecule has 2 nitrogen and oxygen atoms in total. The van der Waals surface area contributed by atoms with Gasteiger partial charge in [-0.25, -0.2) is 0 Å². The first-order valence-corrected chi connectivity index (χ1v) is 17.1. The standard InChI is InChI=1S/C48H28O2/c1-2-12-29(13-3-1)30-22-24-31(25-23-30)43-33-14-4-6-16-35(33)45(36-17-7-5-15-34(36)43)39-28-32-26-27-42-46(37-18-8-10-20-40(37)49-42)44(32)47-38-19-9-11-21-41(38)50-48(39)47/h1-28H. The number of hydrogen-bond donors (Lipinski definition) is 0. The average Bonchev–Trinajstić information content (AvgIpc) is 3.76. The van der Waals surface area contributed by atoms with E-state index in [0.29, 0.717) is 0 Å². The third-order valence-corrected chi connectivity index (χ3v) is 10.4. The van der Waals surface area contributed by atoms with E-state index in [2.05, 4.69) is 164 Å². The highest BCUT2D eigenvalue weighted by atomic mass is 16.3. The van der Waals surface area contributed by atoms with E-state index in [0.717, 1.165) is 54.8 Å². The Morgan fingerprint density at radius 1 is 0.300 bits per heavy atom. The van der Waals surface area contributed by atoms with Gasteiger partial charge < -0.3 is 8.83 Å². The Labute approximate surface area is 287 Å². The van der Waals surface area contributed by atoms with Crippen LogP contribution in [0.4, 0.5) is 0 Å². The molecule has 2 heteroatoms. The van der Waals surface area contributed by atoms with E-state index >= 15 is 0 Å². The maximum Gasteiger partial charge on any atom is 0.143 e. The third kappa shape index (κ3) is 3.85. The molecular formula is C48H28O2. The molecule has 9 aromatic carbocycles. The maximum absolute atomic E-state index is 6.92. The Balaban J connectivity index is 1.27. The highest BCUT2D eigenvalue weighted by Gasteiger charge is 2.24. The van der Waals surface area contributed by atoms with Crippen LogP contribution in [0, 0.1) is 0 Å². The van der Waals surface area contributed by atoms with E-state index < -0.39 is 0 Å². The lowest BCUT2D eigenvalue weighted by Gasteiger charge is -2.18. The van der Waals surface area contributed by atoms with E-state index in [1.54, 1.807) is 0 Å². The fourth-order valence-electron chi connectivity index (χ4n) is 8.30. The van der Waals surface area contributed by atoms with Crippen LogP contribution in [0.2, 0.25) is 0 Å². The number of hydrogen-bond acceptors (Lipinski definition) is 2. The van der Waals surface area contributed by atoms with Gasteiger partial charge in [-0.15, -0.1) is 0 Å². The molecule has 11 rings (SSSR count). The second kappa shape index (κ2) is 10.4. The lowest BCUT2D eigenvalue weighted by atomic mass is 9.84. The van der Waals surface area contributed by atoms with Crippen molar-refractivity contribution in [3.8, 4) is 33.4 Å². The van der Waals surface area contributed by atoms with Crippen molar-refractivity contribution in [3.63, 3.8) is 0 Å². The molecule has 0 aliphatic carbocycles. The van der Waals surface area contributed by atoms with Crippen molar-refractivity contribution in [1.29, 1.82) is 0 Å². The minimum Gasteiger partial charge on any atom is -0.456 e. The zero-order chi connectivity index (χ0) is 32.8.